The van der Waals surface area contributed by atoms with Crippen LogP contribution in [0.1, 0.15) is 251 Å². The van der Waals surface area contributed by atoms with E-state index in [1.807, 2.05) is 27.2 Å². The number of quaternary nitrogens is 1. The van der Waals surface area contributed by atoms with Crippen LogP contribution >= 0.6 is 7.82 Å². The molecule has 422 valence electrons. The van der Waals surface area contributed by atoms with Gasteiger partial charge in [-0.25, -0.2) is 0 Å². The summed E-state index contributed by atoms with van der Waals surface area (Å²) in [6.45, 7) is 4.38. The third-order valence-electron chi connectivity index (χ3n) is 13.0. The highest BCUT2D eigenvalue weighted by Gasteiger charge is 2.23. The molecular formula is C64H115N2O6P. The Morgan fingerprint density at radius 3 is 1.22 bits per heavy atom. The van der Waals surface area contributed by atoms with E-state index in [0.717, 1.165) is 83.5 Å². The molecule has 0 spiro atoms. The lowest BCUT2D eigenvalue weighted by Crippen LogP contribution is -2.45. The van der Waals surface area contributed by atoms with Gasteiger partial charge in [0.2, 0.25) is 5.91 Å². The van der Waals surface area contributed by atoms with Crippen molar-refractivity contribution in [1.29, 1.82) is 0 Å². The summed E-state index contributed by atoms with van der Waals surface area (Å²) in [5.41, 5.74) is 0. The number of hydrogen-bond acceptors (Lipinski definition) is 6. The van der Waals surface area contributed by atoms with Gasteiger partial charge in [-0.1, -0.05) is 259 Å². The molecule has 3 unspecified atom stereocenters. The zero-order chi connectivity index (χ0) is 53.5. The smallest absolute Gasteiger partial charge is 0.268 e. The molecule has 0 saturated carbocycles. The Labute approximate surface area is 451 Å². The van der Waals surface area contributed by atoms with Crippen molar-refractivity contribution >= 4 is 13.7 Å². The van der Waals surface area contributed by atoms with Gasteiger partial charge in [0.05, 0.1) is 39.9 Å². The van der Waals surface area contributed by atoms with Crippen LogP contribution in [0, 0.1) is 0 Å². The predicted molar refractivity (Wildman–Crippen MR) is 316 cm³/mol. The number of unbranched alkanes of at least 4 members (excludes halogenated alkanes) is 27. The number of phosphoric ester groups is 1. The maximum absolute atomic E-state index is 12.9. The summed E-state index contributed by atoms with van der Waals surface area (Å²) in [5.74, 6) is -0.213. The number of rotatable bonds is 54. The van der Waals surface area contributed by atoms with Gasteiger partial charge < -0.3 is 28.8 Å². The summed E-state index contributed by atoms with van der Waals surface area (Å²) in [5, 5.41) is 13.8. The molecule has 8 nitrogen and oxygen atoms in total. The lowest BCUT2D eigenvalue weighted by atomic mass is 10.0. The Balaban J connectivity index is 3.83. The fourth-order valence-electron chi connectivity index (χ4n) is 8.40. The summed E-state index contributed by atoms with van der Waals surface area (Å²) in [7, 11) is 1.23. The van der Waals surface area contributed by atoms with Crippen molar-refractivity contribution in [3.8, 4) is 0 Å². The Hall–Kier alpha value is -2.58. The average Bonchev–Trinajstić information content (AvgIpc) is 3.35. The summed E-state index contributed by atoms with van der Waals surface area (Å²) in [6, 6.07) is -0.910. The first-order valence-electron chi connectivity index (χ1n) is 30.1. The van der Waals surface area contributed by atoms with E-state index in [2.05, 4.69) is 104 Å². The van der Waals surface area contributed by atoms with Crippen LogP contribution in [0.15, 0.2) is 97.2 Å². The number of likely N-dealkylation sites (N-methyl/N-ethyl adjacent to an activating group) is 1. The Morgan fingerprint density at radius 1 is 0.479 bits per heavy atom. The fourth-order valence-corrected chi connectivity index (χ4v) is 9.12. The molecule has 0 aromatic heterocycles. The number of carbonyl (C=O) groups is 1. The molecular weight excluding hydrogens is 924 g/mol. The molecule has 2 N–H and O–H groups in total. The van der Waals surface area contributed by atoms with Crippen molar-refractivity contribution in [3.05, 3.63) is 97.2 Å². The number of nitrogens with one attached hydrogen (secondary N) is 1. The lowest BCUT2D eigenvalue weighted by molar-refractivity contribution is -0.870. The van der Waals surface area contributed by atoms with E-state index in [9.17, 15) is 19.4 Å². The van der Waals surface area contributed by atoms with E-state index >= 15 is 0 Å². The number of aliphatic hydroxyl groups is 1. The van der Waals surface area contributed by atoms with Crippen molar-refractivity contribution in [2.75, 3.05) is 40.9 Å². The number of nitrogens with zero attached hydrogens (tertiary/aromatic N) is 1. The van der Waals surface area contributed by atoms with Gasteiger partial charge in [-0.3, -0.25) is 9.36 Å². The first-order chi connectivity index (χ1) is 35.5. The Morgan fingerprint density at radius 2 is 0.808 bits per heavy atom. The molecule has 0 aliphatic rings. The van der Waals surface area contributed by atoms with E-state index in [0.29, 0.717) is 17.4 Å². The second-order valence-electron chi connectivity index (χ2n) is 21.3. The highest BCUT2D eigenvalue weighted by molar-refractivity contribution is 7.45. The van der Waals surface area contributed by atoms with Gasteiger partial charge in [0.25, 0.3) is 7.82 Å². The van der Waals surface area contributed by atoms with Crippen molar-refractivity contribution in [2.45, 2.75) is 264 Å². The molecule has 0 aromatic carbocycles. The molecule has 0 saturated heterocycles. The quantitative estimate of drug-likeness (QED) is 0.0272. The third-order valence-corrected chi connectivity index (χ3v) is 14.0. The minimum atomic E-state index is -4.60. The number of allylic oxidation sites excluding steroid dienone is 15. The van der Waals surface area contributed by atoms with Crippen molar-refractivity contribution in [3.63, 3.8) is 0 Å². The molecule has 73 heavy (non-hydrogen) atoms. The van der Waals surface area contributed by atoms with Crippen molar-refractivity contribution in [1.82, 2.24) is 5.32 Å². The fraction of sp³-hybridized carbons (Fsp3) is 0.734. The molecule has 0 aromatic rings. The summed E-state index contributed by atoms with van der Waals surface area (Å²) in [6.07, 6.45) is 78.3. The number of carbonyl (C=O) groups excluding carboxylic acids is 1. The van der Waals surface area contributed by atoms with E-state index < -0.39 is 26.6 Å². The molecule has 0 heterocycles. The highest BCUT2D eigenvalue weighted by atomic mass is 31.2. The zero-order valence-corrected chi connectivity index (χ0v) is 49.0. The number of phosphoric acid groups is 1. The molecule has 0 rings (SSSR count). The molecule has 0 fully saturated rings. The Bertz CT molecular complexity index is 1510. The minimum absolute atomic E-state index is 0.0108. The monoisotopic (exact) mass is 1040 g/mol. The van der Waals surface area contributed by atoms with Gasteiger partial charge >= 0.3 is 0 Å². The average molecular weight is 1040 g/mol. The number of hydrogen-bond donors (Lipinski definition) is 2. The van der Waals surface area contributed by atoms with Crippen LogP contribution in [-0.4, -0.2) is 68.5 Å². The standard InChI is InChI=1S/C64H115N2O6P/c1-6-8-10-12-14-16-18-19-20-21-22-23-24-25-26-27-28-29-30-31-32-33-34-35-36-37-38-39-40-41-42-43-44-45-46-47-48-50-52-54-56-58-64(68)65-62(61-72-73(69,70)71-60-59-66(3,4)5)63(67)57-55-53-51-49-17-15-13-11-9-7-2/h8-11,14,16-17,19-20,22-23,25-26,49,55,57,62-63,67H,6-7,12-13,15,18,21,24,27-48,50-54,56,58-61H2,1-5H3,(H-,65,68,69,70)/b10-8-,11-9+,16-14-,20-19-,23-22-,26-25-,49-17+,57-55+. The molecule has 9 heteroatoms. The highest BCUT2D eigenvalue weighted by Crippen LogP contribution is 2.38. The van der Waals surface area contributed by atoms with Gasteiger partial charge in [-0.05, 0) is 83.5 Å². The molecule has 0 radical (unpaired) electrons. The topological polar surface area (TPSA) is 108 Å². The second-order valence-corrected chi connectivity index (χ2v) is 22.7. The summed E-state index contributed by atoms with van der Waals surface area (Å²) >= 11 is 0. The summed E-state index contributed by atoms with van der Waals surface area (Å²) < 4.78 is 23.2. The van der Waals surface area contributed by atoms with Crippen molar-refractivity contribution in [2.24, 2.45) is 0 Å². The SMILES string of the molecule is CC/C=C\C/C=C\C/C=C\C/C=C\C/C=C\CCCCCCCCCCCCCCCCCCCCCCCCCCCC(=O)NC(COP(=O)([O-])OCC[N+](C)(C)C)C(O)/C=C/CC/C=C/CC/C=C/CC. The van der Waals surface area contributed by atoms with Crippen LogP contribution in [0.3, 0.4) is 0 Å². The normalized spacial score (nSPS) is 14.6. The van der Waals surface area contributed by atoms with Crippen LogP contribution in [0.4, 0.5) is 0 Å². The van der Waals surface area contributed by atoms with E-state index in [-0.39, 0.29) is 12.5 Å². The van der Waals surface area contributed by atoms with Crippen molar-refractivity contribution < 1.29 is 32.9 Å². The maximum atomic E-state index is 12.9. The van der Waals surface area contributed by atoms with E-state index in [1.165, 1.54) is 148 Å². The Kier molecular flexibility index (Phi) is 52.3. The largest absolute Gasteiger partial charge is 0.756 e. The first kappa shape index (κ1) is 70.4. The van der Waals surface area contributed by atoms with Gasteiger partial charge in [-0.15, -0.1) is 0 Å². The summed E-state index contributed by atoms with van der Waals surface area (Å²) in [4.78, 5) is 25.4. The number of amides is 1. The van der Waals surface area contributed by atoms with Crippen LogP contribution in [0.2, 0.25) is 0 Å². The first-order valence-corrected chi connectivity index (χ1v) is 31.6. The molecule has 0 aliphatic carbocycles. The molecule has 0 bridgehead atoms. The minimum Gasteiger partial charge on any atom is -0.756 e. The second kappa shape index (κ2) is 54.2. The van der Waals surface area contributed by atoms with Gasteiger partial charge in [0, 0.05) is 6.42 Å². The lowest BCUT2D eigenvalue weighted by Gasteiger charge is -2.29. The molecule has 1 amide bonds. The molecule has 0 aliphatic heterocycles. The number of aliphatic hydroxyl groups excluding tert-OH is 1. The zero-order valence-electron chi connectivity index (χ0n) is 48.1. The van der Waals surface area contributed by atoms with Crippen LogP contribution < -0.4 is 10.2 Å². The molecule has 3 atom stereocenters. The van der Waals surface area contributed by atoms with Gasteiger partial charge in [0.15, 0.2) is 0 Å². The predicted octanol–water partition coefficient (Wildman–Crippen LogP) is 18.0. The van der Waals surface area contributed by atoms with Crippen LogP contribution in [0.25, 0.3) is 0 Å². The maximum Gasteiger partial charge on any atom is 0.268 e. The van der Waals surface area contributed by atoms with E-state index in [4.69, 9.17) is 9.05 Å². The van der Waals surface area contributed by atoms with Gasteiger partial charge in [0.1, 0.15) is 13.2 Å². The van der Waals surface area contributed by atoms with Gasteiger partial charge in [-0.2, -0.15) is 0 Å². The third kappa shape index (κ3) is 57.0. The van der Waals surface area contributed by atoms with Crippen LogP contribution in [-0.2, 0) is 18.4 Å². The van der Waals surface area contributed by atoms with E-state index in [1.54, 1.807) is 6.08 Å². The van der Waals surface area contributed by atoms with Crippen LogP contribution in [0.5, 0.6) is 0 Å².